The van der Waals surface area contributed by atoms with E-state index in [4.69, 9.17) is 11.5 Å². The van der Waals surface area contributed by atoms with Gasteiger partial charge in [-0.2, -0.15) is 0 Å². The normalized spacial score (nSPS) is 9.55. The van der Waals surface area contributed by atoms with E-state index in [-0.39, 0.29) is 11.2 Å². The lowest BCUT2D eigenvalue weighted by Crippen LogP contribution is -2.15. The van der Waals surface area contributed by atoms with E-state index in [1.54, 1.807) is 13.1 Å². The van der Waals surface area contributed by atoms with Crippen LogP contribution in [0.3, 0.4) is 0 Å². The molecule has 0 saturated carbocycles. The first-order valence-electron chi connectivity index (χ1n) is 3.11. The summed E-state index contributed by atoms with van der Waals surface area (Å²) in [6.07, 6.45) is 0. The van der Waals surface area contributed by atoms with Crippen molar-refractivity contribution in [3.8, 4) is 0 Å². The van der Waals surface area contributed by atoms with Crippen LogP contribution >= 0.6 is 0 Å². The molecule has 6 N–H and O–H groups in total. The average Bonchev–Trinajstić information content (AvgIpc) is 1.96. The maximum absolute atomic E-state index is 10.9. The molecule has 0 bridgehead atoms. The highest BCUT2D eigenvalue weighted by Crippen LogP contribution is 2.13. The molecule has 0 atom stereocenters. The predicted octanol–water partition coefficient (Wildman–Crippen LogP) is -0.419. The molecule has 0 saturated heterocycles. The van der Waals surface area contributed by atoms with Crippen LogP contribution in [0.2, 0.25) is 0 Å². The van der Waals surface area contributed by atoms with Crippen molar-refractivity contribution in [2.45, 2.75) is 0 Å². The second-order valence-electron chi connectivity index (χ2n) is 2.13. The van der Waals surface area contributed by atoms with E-state index in [1.165, 1.54) is 0 Å². The van der Waals surface area contributed by atoms with Gasteiger partial charge in [-0.3, -0.25) is 4.79 Å². The highest BCUT2D eigenvalue weighted by atomic mass is 16.1. The monoisotopic (exact) mass is 154 g/mol. The van der Waals surface area contributed by atoms with Crippen molar-refractivity contribution in [1.29, 1.82) is 0 Å². The van der Waals surface area contributed by atoms with Gasteiger partial charge in [-0.05, 0) is 0 Å². The third-order valence-electron chi connectivity index (χ3n) is 1.36. The number of H-pyrrole nitrogens is 1. The molecule has 1 heterocycles. The molecular weight excluding hydrogens is 144 g/mol. The molecule has 0 aliphatic heterocycles. The summed E-state index contributed by atoms with van der Waals surface area (Å²) in [5, 5.41) is 2.75. The Morgan fingerprint density at radius 3 is 2.73 bits per heavy atom. The Labute approximate surface area is 63.4 Å². The van der Waals surface area contributed by atoms with E-state index in [0.29, 0.717) is 11.5 Å². The number of nitrogens with one attached hydrogen (secondary N) is 2. The van der Waals surface area contributed by atoms with E-state index in [9.17, 15) is 4.79 Å². The smallest absolute Gasteiger partial charge is 0.274 e. The van der Waals surface area contributed by atoms with Crippen LogP contribution in [0.1, 0.15) is 0 Å². The number of pyridine rings is 1. The zero-order chi connectivity index (χ0) is 8.43. The van der Waals surface area contributed by atoms with Crippen LogP contribution in [-0.4, -0.2) is 12.0 Å². The summed E-state index contributed by atoms with van der Waals surface area (Å²) in [5.41, 5.74) is 11.1. The SMILES string of the molecule is CNc1cc(N)[nH]c(=O)c1N. The van der Waals surface area contributed by atoms with Crippen molar-refractivity contribution in [3.05, 3.63) is 16.4 Å². The fourth-order valence-corrected chi connectivity index (χ4v) is 0.797. The molecule has 1 rings (SSSR count). The first-order chi connectivity index (χ1) is 5.15. The minimum Gasteiger partial charge on any atom is -0.393 e. The van der Waals surface area contributed by atoms with Crippen molar-refractivity contribution >= 4 is 17.2 Å². The maximum atomic E-state index is 10.9. The number of aromatic nitrogens is 1. The number of nitrogens with two attached hydrogens (primary N) is 2. The zero-order valence-corrected chi connectivity index (χ0v) is 6.14. The summed E-state index contributed by atoms with van der Waals surface area (Å²) in [7, 11) is 1.67. The number of nitrogen functional groups attached to an aromatic ring is 2. The second-order valence-corrected chi connectivity index (χ2v) is 2.13. The van der Waals surface area contributed by atoms with E-state index in [0.717, 1.165) is 0 Å². The van der Waals surface area contributed by atoms with Crippen molar-refractivity contribution in [1.82, 2.24) is 4.98 Å². The topological polar surface area (TPSA) is 96.9 Å². The summed E-state index contributed by atoms with van der Waals surface area (Å²) in [4.78, 5) is 13.3. The molecule has 60 valence electrons. The lowest BCUT2D eigenvalue weighted by Gasteiger charge is -2.03. The molecule has 0 unspecified atom stereocenters. The van der Waals surface area contributed by atoms with Gasteiger partial charge in [0, 0.05) is 13.1 Å². The van der Waals surface area contributed by atoms with Crippen LogP contribution in [-0.2, 0) is 0 Å². The molecular formula is C6H10N4O. The van der Waals surface area contributed by atoms with Crippen molar-refractivity contribution in [2.24, 2.45) is 0 Å². The molecule has 5 nitrogen and oxygen atoms in total. The van der Waals surface area contributed by atoms with Crippen molar-refractivity contribution in [2.75, 3.05) is 23.8 Å². The number of anilines is 3. The fraction of sp³-hybridized carbons (Fsp3) is 0.167. The van der Waals surface area contributed by atoms with Gasteiger partial charge in [0.15, 0.2) is 0 Å². The Morgan fingerprint density at radius 1 is 1.55 bits per heavy atom. The first kappa shape index (κ1) is 7.46. The van der Waals surface area contributed by atoms with E-state index in [1.807, 2.05) is 0 Å². The Bertz CT molecular complexity index is 317. The third-order valence-corrected chi connectivity index (χ3v) is 1.36. The first-order valence-corrected chi connectivity index (χ1v) is 3.11. The molecule has 0 aliphatic rings. The molecule has 0 radical (unpaired) electrons. The van der Waals surface area contributed by atoms with Crippen LogP contribution in [0.25, 0.3) is 0 Å². The molecule has 0 fully saturated rings. The van der Waals surface area contributed by atoms with Crippen molar-refractivity contribution < 1.29 is 0 Å². The number of aromatic amines is 1. The summed E-state index contributed by atoms with van der Waals surface area (Å²) in [5.74, 6) is 0.300. The molecule has 0 aliphatic carbocycles. The highest BCUT2D eigenvalue weighted by Gasteiger charge is 2.01. The van der Waals surface area contributed by atoms with Gasteiger partial charge < -0.3 is 21.8 Å². The summed E-state index contributed by atoms with van der Waals surface area (Å²) in [6.45, 7) is 0. The number of hydrogen-bond acceptors (Lipinski definition) is 4. The Hall–Kier alpha value is -1.65. The van der Waals surface area contributed by atoms with E-state index < -0.39 is 0 Å². The standard InChI is InChI=1S/C6H10N4O/c1-9-3-2-4(7)10-6(11)5(3)8/h2H,8H2,1H3,(H4,7,9,10,11). The van der Waals surface area contributed by atoms with Gasteiger partial charge >= 0.3 is 0 Å². The van der Waals surface area contributed by atoms with Crippen LogP contribution in [0.15, 0.2) is 10.9 Å². The molecule has 1 aromatic heterocycles. The second kappa shape index (κ2) is 2.53. The third kappa shape index (κ3) is 1.26. The summed E-state index contributed by atoms with van der Waals surface area (Å²) >= 11 is 0. The Morgan fingerprint density at radius 2 is 2.18 bits per heavy atom. The number of rotatable bonds is 1. The van der Waals surface area contributed by atoms with Gasteiger partial charge in [-0.15, -0.1) is 0 Å². The molecule has 0 spiro atoms. The zero-order valence-electron chi connectivity index (χ0n) is 6.14. The molecule has 0 amide bonds. The lowest BCUT2D eigenvalue weighted by molar-refractivity contribution is 1.25. The molecule has 11 heavy (non-hydrogen) atoms. The van der Waals surface area contributed by atoms with Crippen molar-refractivity contribution in [3.63, 3.8) is 0 Å². The van der Waals surface area contributed by atoms with Gasteiger partial charge in [0.1, 0.15) is 11.5 Å². The summed E-state index contributed by atoms with van der Waals surface area (Å²) in [6, 6.07) is 1.57. The molecule has 1 aromatic rings. The Kier molecular flexibility index (Phi) is 1.72. The summed E-state index contributed by atoms with van der Waals surface area (Å²) < 4.78 is 0. The van der Waals surface area contributed by atoms with E-state index in [2.05, 4.69) is 10.3 Å². The largest absolute Gasteiger partial charge is 0.393 e. The predicted molar refractivity (Wildman–Crippen MR) is 45.4 cm³/mol. The lowest BCUT2D eigenvalue weighted by atomic mass is 10.3. The van der Waals surface area contributed by atoms with Gasteiger partial charge in [0.2, 0.25) is 0 Å². The van der Waals surface area contributed by atoms with Gasteiger partial charge in [0.25, 0.3) is 5.56 Å². The van der Waals surface area contributed by atoms with Crippen LogP contribution in [0, 0.1) is 0 Å². The Balaban J connectivity index is 3.36. The quantitative estimate of drug-likeness (QED) is 0.441. The number of hydrogen-bond donors (Lipinski definition) is 4. The highest BCUT2D eigenvalue weighted by molar-refractivity contribution is 5.67. The van der Waals surface area contributed by atoms with Crippen LogP contribution in [0.5, 0.6) is 0 Å². The van der Waals surface area contributed by atoms with Gasteiger partial charge in [-0.1, -0.05) is 0 Å². The maximum Gasteiger partial charge on any atom is 0.274 e. The fourth-order valence-electron chi connectivity index (χ4n) is 0.797. The van der Waals surface area contributed by atoms with Gasteiger partial charge in [0.05, 0.1) is 5.69 Å². The van der Waals surface area contributed by atoms with E-state index >= 15 is 0 Å². The average molecular weight is 154 g/mol. The van der Waals surface area contributed by atoms with Crippen LogP contribution in [0.4, 0.5) is 17.2 Å². The van der Waals surface area contributed by atoms with Crippen LogP contribution < -0.4 is 22.3 Å². The minimum atomic E-state index is -0.366. The molecule has 5 heteroatoms. The minimum absolute atomic E-state index is 0.154. The molecule has 0 aromatic carbocycles. The van der Waals surface area contributed by atoms with Gasteiger partial charge in [-0.25, -0.2) is 0 Å².